The standard InChI is InChI=1S/C13H20N2O2/c1-2-3-10-12(17)15-8-13(4-5-13)7-9(15)6-11(16)14-10/h9-10H,2-8H2,1H3,(H,14,16)/t9-,10?/m1/s1. The first-order chi connectivity index (χ1) is 8.13. The van der Waals surface area contributed by atoms with Crippen LogP contribution in [0.5, 0.6) is 0 Å². The predicted octanol–water partition coefficient (Wildman–Crippen LogP) is 1.06. The number of hydrogen-bond donors (Lipinski definition) is 1. The van der Waals surface area contributed by atoms with Crippen molar-refractivity contribution >= 4 is 11.8 Å². The van der Waals surface area contributed by atoms with Crippen LogP contribution in [0.1, 0.15) is 45.4 Å². The van der Waals surface area contributed by atoms with Gasteiger partial charge in [-0.1, -0.05) is 13.3 Å². The van der Waals surface area contributed by atoms with Crippen LogP contribution in [0.15, 0.2) is 0 Å². The fourth-order valence-electron chi connectivity index (χ4n) is 3.36. The van der Waals surface area contributed by atoms with Crippen LogP contribution in [0.3, 0.4) is 0 Å². The van der Waals surface area contributed by atoms with E-state index in [1.54, 1.807) is 0 Å². The maximum atomic E-state index is 12.4. The summed E-state index contributed by atoms with van der Waals surface area (Å²) in [6.07, 6.45) is 5.74. The lowest BCUT2D eigenvalue weighted by Crippen LogP contribution is -2.45. The summed E-state index contributed by atoms with van der Waals surface area (Å²) in [5, 5.41) is 2.88. The molecule has 0 aromatic heterocycles. The topological polar surface area (TPSA) is 49.4 Å². The lowest BCUT2D eigenvalue weighted by molar-refractivity contribution is -0.134. The van der Waals surface area contributed by atoms with Gasteiger partial charge >= 0.3 is 0 Å². The summed E-state index contributed by atoms with van der Waals surface area (Å²) in [6.45, 7) is 2.94. The van der Waals surface area contributed by atoms with Crippen LogP contribution in [0.25, 0.3) is 0 Å². The maximum absolute atomic E-state index is 12.4. The molecule has 1 spiro atoms. The Labute approximate surface area is 102 Å². The number of nitrogens with zero attached hydrogens (tertiary/aromatic N) is 1. The Balaban J connectivity index is 1.81. The predicted molar refractivity (Wildman–Crippen MR) is 63.2 cm³/mol. The minimum Gasteiger partial charge on any atom is -0.344 e. The molecule has 1 unspecified atom stereocenters. The van der Waals surface area contributed by atoms with Crippen molar-refractivity contribution in [3.8, 4) is 0 Å². The smallest absolute Gasteiger partial charge is 0.245 e. The first-order valence-electron chi connectivity index (χ1n) is 6.73. The van der Waals surface area contributed by atoms with Crippen LogP contribution in [0, 0.1) is 5.41 Å². The molecule has 2 aliphatic heterocycles. The Morgan fingerprint density at radius 1 is 1.41 bits per heavy atom. The molecule has 3 fully saturated rings. The molecule has 2 heterocycles. The fourth-order valence-corrected chi connectivity index (χ4v) is 3.36. The van der Waals surface area contributed by atoms with Gasteiger partial charge in [-0.15, -0.1) is 0 Å². The van der Waals surface area contributed by atoms with Gasteiger partial charge in [-0.25, -0.2) is 0 Å². The average Bonchev–Trinajstić information content (AvgIpc) is 2.94. The molecule has 2 saturated heterocycles. The zero-order valence-electron chi connectivity index (χ0n) is 10.4. The Morgan fingerprint density at radius 2 is 2.18 bits per heavy atom. The zero-order valence-corrected chi connectivity index (χ0v) is 10.4. The summed E-state index contributed by atoms with van der Waals surface area (Å²) in [5.41, 5.74) is 0.398. The van der Waals surface area contributed by atoms with Gasteiger partial charge in [0.15, 0.2) is 0 Å². The van der Waals surface area contributed by atoms with Gasteiger partial charge in [0.25, 0.3) is 0 Å². The summed E-state index contributed by atoms with van der Waals surface area (Å²) >= 11 is 0. The summed E-state index contributed by atoms with van der Waals surface area (Å²) in [6, 6.07) is -0.0988. The summed E-state index contributed by atoms with van der Waals surface area (Å²) in [7, 11) is 0. The first kappa shape index (κ1) is 11.1. The minimum absolute atomic E-state index is 0.0574. The van der Waals surface area contributed by atoms with Gasteiger partial charge < -0.3 is 10.2 Å². The number of hydrogen-bond acceptors (Lipinski definition) is 2. The largest absolute Gasteiger partial charge is 0.344 e. The van der Waals surface area contributed by atoms with Crippen LogP contribution in [0.2, 0.25) is 0 Å². The molecule has 0 bridgehead atoms. The number of carbonyl (C=O) groups excluding carboxylic acids is 2. The van der Waals surface area contributed by atoms with Crippen molar-refractivity contribution in [2.75, 3.05) is 6.54 Å². The molecule has 1 saturated carbocycles. The fraction of sp³-hybridized carbons (Fsp3) is 0.846. The molecule has 1 N–H and O–H groups in total. The van der Waals surface area contributed by atoms with Gasteiger partial charge in [-0.05, 0) is 31.1 Å². The van der Waals surface area contributed by atoms with E-state index < -0.39 is 0 Å². The Morgan fingerprint density at radius 3 is 2.82 bits per heavy atom. The van der Waals surface area contributed by atoms with Crippen molar-refractivity contribution in [3.63, 3.8) is 0 Å². The third kappa shape index (κ3) is 1.83. The highest BCUT2D eigenvalue weighted by molar-refractivity contribution is 5.90. The normalized spacial score (nSPS) is 34.5. The van der Waals surface area contributed by atoms with Gasteiger partial charge in [0.05, 0.1) is 0 Å². The first-order valence-corrected chi connectivity index (χ1v) is 6.73. The summed E-state index contributed by atoms with van der Waals surface area (Å²) in [5.74, 6) is 0.216. The zero-order chi connectivity index (χ0) is 12.0. The molecule has 0 aromatic carbocycles. The van der Waals surface area contributed by atoms with Crippen LogP contribution in [-0.2, 0) is 9.59 Å². The lowest BCUT2D eigenvalue weighted by atomic mass is 10.0. The third-order valence-electron chi connectivity index (χ3n) is 4.49. The lowest BCUT2D eigenvalue weighted by Gasteiger charge is -2.24. The van der Waals surface area contributed by atoms with Crippen LogP contribution < -0.4 is 5.32 Å². The summed E-state index contributed by atoms with van der Waals surface area (Å²) < 4.78 is 0. The Hall–Kier alpha value is -1.06. The van der Waals surface area contributed by atoms with Gasteiger partial charge in [0, 0.05) is 19.0 Å². The molecule has 3 aliphatic rings. The van der Waals surface area contributed by atoms with Crippen molar-refractivity contribution in [2.24, 2.45) is 5.41 Å². The molecule has 17 heavy (non-hydrogen) atoms. The van der Waals surface area contributed by atoms with Gasteiger partial charge in [-0.2, -0.15) is 0 Å². The molecule has 94 valence electrons. The van der Waals surface area contributed by atoms with E-state index in [1.807, 2.05) is 11.8 Å². The van der Waals surface area contributed by atoms with Crippen molar-refractivity contribution in [2.45, 2.75) is 57.5 Å². The minimum atomic E-state index is -0.272. The van der Waals surface area contributed by atoms with Gasteiger partial charge in [0.2, 0.25) is 11.8 Å². The molecule has 0 radical (unpaired) electrons. The van der Waals surface area contributed by atoms with E-state index in [0.29, 0.717) is 11.8 Å². The molecule has 0 aromatic rings. The number of fused-ring (bicyclic) bond motifs is 1. The van der Waals surface area contributed by atoms with Gasteiger partial charge in [-0.3, -0.25) is 9.59 Å². The molecule has 2 atom stereocenters. The van der Waals surface area contributed by atoms with Crippen LogP contribution >= 0.6 is 0 Å². The number of nitrogens with one attached hydrogen (secondary N) is 1. The monoisotopic (exact) mass is 236 g/mol. The third-order valence-corrected chi connectivity index (χ3v) is 4.49. The number of rotatable bonds is 2. The van der Waals surface area contributed by atoms with Crippen molar-refractivity contribution in [3.05, 3.63) is 0 Å². The van der Waals surface area contributed by atoms with Crippen LogP contribution in [0.4, 0.5) is 0 Å². The van der Waals surface area contributed by atoms with E-state index in [2.05, 4.69) is 5.32 Å². The Bertz CT molecular complexity index is 362. The quantitative estimate of drug-likeness (QED) is 0.779. The molecule has 4 nitrogen and oxygen atoms in total. The van der Waals surface area contributed by atoms with E-state index in [9.17, 15) is 9.59 Å². The summed E-state index contributed by atoms with van der Waals surface area (Å²) in [4.78, 5) is 26.2. The second-order valence-electron chi connectivity index (χ2n) is 5.94. The van der Waals surface area contributed by atoms with Crippen LogP contribution in [-0.4, -0.2) is 35.3 Å². The molecular weight excluding hydrogens is 216 g/mol. The van der Waals surface area contributed by atoms with Crippen molar-refractivity contribution < 1.29 is 9.59 Å². The SMILES string of the molecule is CCCC1NC(=O)C[C@@H]2CC3(CC3)CN2C1=O. The second kappa shape index (κ2) is 3.72. The molecule has 3 rings (SSSR count). The highest BCUT2D eigenvalue weighted by atomic mass is 16.2. The maximum Gasteiger partial charge on any atom is 0.245 e. The van der Waals surface area contributed by atoms with E-state index in [1.165, 1.54) is 12.8 Å². The molecule has 4 heteroatoms. The highest BCUT2D eigenvalue weighted by Crippen LogP contribution is 2.55. The van der Waals surface area contributed by atoms with E-state index in [0.717, 1.165) is 25.8 Å². The average molecular weight is 236 g/mol. The number of amides is 2. The molecule has 2 amide bonds. The Kier molecular flexibility index (Phi) is 2.42. The van der Waals surface area contributed by atoms with E-state index >= 15 is 0 Å². The van der Waals surface area contributed by atoms with E-state index in [4.69, 9.17) is 0 Å². The van der Waals surface area contributed by atoms with Crippen molar-refractivity contribution in [1.82, 2.24) is 10.2 Å². The highest BCUT2D eigenvalue weighted by Gasteiger charge is 2.54. The number of carbonyl (C=O) groups is 2. The van der Waals surface area contributed by atoms with E-state index in [-0.39, 0.29) is 23.9 Å². The van der Waals surface area contributed by atoms with Crippen molar-refractivity contribution in [1.29, 1.82) is 0 Å². The van der Waals surface area contributed by atoms with Gasteiger partial charge in [0.1, 0.15) is 6.04 Å². The molecule has 1 aliphatic carbocycles. The second-order valence-corrected chi connectivity index (χ2v) is 5.94. The molecular formula is C13H20N2O2.